The summed E-state index contributed by atoms with van der Waals surface area (Å²) in [5, 5.41) is 1.85. The predicted molar refractivity (Wildman–Crippen MR) is 110 cm³/mol. The molecular weight excluding hydrogens is 374 g/mol. The van der Waals surface area contributed by atoms with Crippen LogP contribution in [-0.2, 0) is 16.0 Å². The third kappa shape index (κ3) is 4.24. The highest BCUT2D eigenvalue weighted by Gasteiger charge is 2.20. The van der Waals surface area contributed by atoms with Gasteiger partial charge in [-0.15, -0.1) is 11.3 Å². The molecule has 0 aliphatic rings. The summed E-state index contributed by atoms with van der Waals surface area (Å²) in [4.78, 5) is 25.7. The molecule has 0 atom stereocenters. The van der Waals surface area contributed by atoms with E-state index in [1.165, 1.54) is 11.3 Å². The SMILES string of the molecule is COCCn1c(C)cc(C(=O)COC(=O)c2sccc2-c2ccccc2)c1C. The molecule has 2 aromatic heterocycles. The van der Waals surface area contributed by atoms with Gasteiger partial charge in [0.1, 0.15) is 4.88 Å². The van der Waals surface area contributed by atoms with Crippen LogP contribution in [0.15, 0.2) is 47.8 Å². The molecule has 1 aromatic carbocycles. The molecule has 0 aliphatic heterocycles. The van der Waals surface area contributed by atoms with Gasteiger partial charge >= 0.3 is 5.97 Å². The Kier molecular flexibility index (Phi) is 6.44. The van der Waals surface area contributed by atoms with Crippen molar-refractivity contribution in [1.29, 1.82) is 0 Å². The van der Waals surface area contributed by atoms with E-state index < -0.39 is 5.97 Å². The molecule has 0 amide bonds. The molecule has 0 fully saturated rings. The summed E-state index contributed by atoms with van der Waals surface area (Å²) in [5.41, 5.74) is 4.19. The molecule has 0 saturated carbocycles. The second-order valence-corrected chi connectivity index (χ2v) is 7.37. The van der Waals surface area contributed by atoms with Crippen LogP contribution in [-0.4, -0.2) is 36.6 Å². The van der Waals surface area contributed by atoms with E-state index in [-0.39, 0.29) is 12.4 Å². The topological polar surface area (TPSA) is 57.5 Å². The van der Waals surface area contributed by atoms with Crippen LogP contribution in [0.1, 0.15) is 31.4 Å². The minimum Gasteiger partial charge on any atom is -0.453 e. The normalized spacial score (nSPS) is 10.8. The Morgan fingerprint density at radius 3 is 2.57 bits per heavy atom. The van der Waals surface area contributed by atoms with Crippen molar-refractivity contribution < 1.29 is 19.1 Å². The van der Waals surface area contributed by atoms with Crippen molar-refractivity contribution in [3.63, 3.8) is 0 Å². The van der Waals surface area contributed by atoms with Gasteiger partial charge in [-0.2, -0.15) is 0 Å². The first kappa shape index (κ1) is 20.0. The van der Waals surface area contributed by atoms with Gasteiger partial charge in [0.25, 0.3) is 0 Å². The third-order valence-corrected chi connectivity index (χ3v) is 5.56. The fourth-order valence-corrected chi connectivity index (χ4v) is 4.01. The molecule has 0 bridgehead atoms. The lowest BCUT2D eigenvalue weighted by molar-refractivity contribution is 0.0480. The number of ketones is 1. The van der Waals surface area contributed by atoms with Gasteiger partial charge in [0.15, 0.2) is 6.61 Å². The van der Waals surface area contributed by atoms with Crippen molar-refractivity contribution in [2.24, 2.45) is 0 Å². The Hall–Kier alpha value is -2.70. The Balaban J connectivity index is 1.69. The molecule has 0 N–H and O–H groups in total. The smallest absolute Gasteiger partial charge is 0.349 e. The van der Waals surface area contributed by atoms with Crippen LogP contribution in [0.4, 0.5) is 0 Å². The van der Waals surface area contributed by atoms with Crippen LogP contribution in [0.5, 0.6) is 0 Å². The van der Waals surface area contributed by atoms with E-state index in [2.05, 4.69) is 0 Å². The van der Waals surface area contributed by atoms with Gasteiger partial charge < -0.3 is 14.0 Å². The van der Waals surface area contributed by atoms with Crippen LogP contribution < -0.4 is 0 Å². The molecule has 0 aliphatic carbocycles. The number of aromatic nitrogens is 1. The number of benzene rings is 1. The maximum Gasteiger partial charge on any atom is 0.349 e. The molecule has 2 heterocycles. The Bertz CT molecular complexity index is 972. The van der Waals surface area contributed by atoms with Gasteiger partial charge in [-0.3, -0.25) is 4.79 Å². The minimum atomic E-state index is -0.476. The molecule has 0 radical (unpaired) electrons. The maximum absolute atomic E-state index is 12.6. The number of rotatable bonds is 8. The summed E-state index contributed by atoms with van der Waals surface area (Å²) < 4.78 is 12.5. The number of ether oxygens (including phenoxy) is 2. The summed E-state index contributed by atoms with van der Waals surface area (Å²) in [6, 6.07) is 13.4. The lowest BCUT2D eigenvalue weighted by atomic mass is 10.1. The molecular formula is C22H23NO4S. The van der Waals surface area contributed by atoms with Gasteiger partial charge in [-0.05, 0) is 36.9 Å². The average Bonchev–Trinajstić information content (AvgIpc) is 3.30. The van der Waals surface area contributed by atoms with E-state index in [9.17, 15) is 9.59 Å². The number of esters is 1. The van der Waals surface area contributed by atoms with Crippen LogP contribution in [0.25, 0.3) is 11.1 Å². The van der Waals surface area contributed by atoms with Gasteiger partial charge in [0.2, 0.25) is 5.78 Å². The second kappa shape index (κ2) is 8.99. The Morgan fingerprint density at radius 2 is 1.86 bits per heavy atom. The van der Waals surface area contributed by atoms with Crippen molar-refractivity contribution in [2.45, 2.75) is 20.4 Å². The van der Waals surface area contributed by atoms with Gasteiger partial charge in [-0.25, -0.2) is 4.79 Å². The third-order valence-electron chi connectivity index (χ3n) is 4.66. The van der Waals surface area contributed by atoms with Gasteiger partial charge in [0, 0.05) is 36.2 Å². The first-order chi connectivity index (χ1) is 13.5. The van der Waals surface area contributed by atoms with E-state index >= 15 is 0 Å². The number of aryl methyl sites for hydroxylation is 1. The first-order valence-corrected chi connectivity index (χ1v) is 9.89. The van der Waals surface area contributed by atoms with E-state index in [0.29, 0.717) is 23.6 Å². The predicted octanol–water partition coefficient (Wildman–Crippen LogP) is 4.52. The van der Waals surface area contributed by atoms with E-state index in [1.807, 2.05) is 66.3 Å². The summed E-state index contributed by atoms with van der Waals surface area (Å²) >= 11 is 1.31. The number of carbonyl (C=O) groups excluding carboxylic acids is 2. The zero-order valence-corrected chi connectivity index (χ0v) is 17.0. The Morgan fingerprint density at radius 1 is 1.11 bits per heavy atom. The number of nitrogens with zero attached hydrogens (tertiary/aromatic N) is 1. The number of hydrogen-bond acceptors (Lipinski definition) is 5. The van der Waals surface area contributed by atoms with E-state index in [1.54, 1.807) is 7.11 Å². The highest BCUT2D eigenvalue weighted by atomic mass is 32.1. The molecule has 6 heteroatoms. The maximum atomic E-state index is 12.6. The standard InChI is InChI=1S/C22H23NO4S/c1-15-13-19(16(2)23(15)10-11-26-3)20(24)14-27-22(25)21-18(9-12-28-21)17-7-5-4-6-8-17/h4-9,12-13H,10-11,14H2,1-3H3. The number of carbonyl (C=O) groups is 2. The molecule has 0 unspecified atom stereocenters. The average molecular weight is 397 g/mol. The largest absolute Gasteiger partial charge is 0.453 e. The summed E-state index contributed by atoms with van der Waals surface area (Å²) in [6.07, 6.45) is 0. The molecule has 28 heavy (non-hydrogen) atoms. The van der Waals surface area contributed by atoms with Crippen molar-refractivity contribution in [1.82, 2.24) is 4.57 Å². The molecule has 0 saturated heterocycles. The number of Topliss-reactive ketones (excluding diaryl/α,β-unsaturated/α-hetero) is 1. The highest BCUT2D eigenvalue weighted by molar-refractivity contribution is 7.12. The van der Waals surface area contributed by atoms with Crippen LogP contribution in [0.3, 0.4) is 0 Å². The number of thiophene rings is 1. The van der Waals surface area contributed by atoms with Gasteiger partial charge in [-0.1, -0.05) is 30.3 Å². The molecule has 3 aromatic rings. The Labute approximate surface area is 168 Å². The molecule has 3 rings (SSSR count). The van der Waals surface area contributed by atoms with Crippen molar-refractivity contribution in [3.8, 4) is 11.1 Å². The van der Waals surface area contributed by atoms with E-state index in [0.717, 1.165) is 22.5 Å². The quantitative estimate of drug-likeness (QED) is 0.414. The fourth-order valence-electron chi connectivity index (χ4n) is 3.20. The summed E-state index contributed by atoms with van der Waals surface area (Å²) in [7, 11) is 1.65. The van der Waals surface area contributed by atoms with Crippen LogP contribution >= 0.6 is 11.3 Å². The molecule has 0 spiro atoms. The lowest BCUT2D eigenvalue weighted by Crippen LogP contribution is -2.15. The highest BCUT2D eigenvalue weighted by Crippen LogP contribution is 2.29. The zero-order chi connectivity index (χ0) is 20.1. The van der Waals surface area contributed by atoms with Crippen molar-refractivity contribution in [3.05, 3.63) is 69.7 Å². The van der Waals surface area contributed by atoms with Crippen molar-refractivity contribution >= 4 is 23.1 Å². The fraction of sp³-hybridized carbons (Fsp3) is 0.273. The second-order valence-electron chi connectivity index (χ2n) is 6.46. The molecule has 146 valence electrons. The van der Waals surface area contributed by atoms with Crippen LogP contribution in [0.2, 0.25) is 0 Å². The number of hydrogen-bond donors (Lipinski definition) is 0. The van der Waals surface area contributed by atoms with E-state index in [4.69, 9.17) is 9.47 Å². The monoisotopic (exact) mass is 397 g/mol. The minimum absolute atomic E-state index is 0.206. The molecule has 5 nitrogen and oxygen atoms in total. The zero-order valence-electron chi connectivity index (χ0n) is 16.2. The number of methoxy groups -OCH3 is 1. The van der Waals surface area contributed by atoms with Crippen molar-refractivity contribution in [2.75, 3.05) is 20.3 Å². The van der Waals surface area contributed by atoms with Crippen LogP contribution in [0, 0.1) is 13.8 Å². The summed E-state index contributed by atoms with van der Waals surface area (Å²) in [5.74, 6) is -0.682. The summed E-state index contributed by atoms with van der Waals surface area (Å²) in [6.45, 7) is 4.81. The lowest BCUT2D eigenvalue weighted by Gasteiger charge is -2.09. The first-order valence-electron chi connectivity index (χ1n) is 9.01. The van der Waals surface area contributed by atoms with Gasteiger partial charge in [0.05, 0.1) is 6.61 Å².